The molecule has 1 unspecified atom stereocenters. The minimum Gasteiger partial charge on any atom is -0.496 e. The van der Waals surface area contributed by atoms with Crippen molar-refractivity contribution in [3.05, 3.63) is 62.8 Å². The van der Waals surface area contributed by atoms with E-state index in [9.17, 15) is 4.39 Å². The summed E-state index contributed by atoms with van der Waals surface area (Å²) in [5.74, 6) is 0.470. The normalized spacial score (nSPS) is 12.2. The number of nitrogens with one attached hydrogen (secondary N) is 1. The van der Waals surface area contributed by atoms with Crippen LogP contribution in [0.4, 0.5) is 4.39 Å². The Bertz CT molecular complexity index is 615. The highest BCUT2D eigenvalue weighted by atomic mass is 79.9. The van der Waals surface area contributed by atoms with Crippen LogP contribution in [0.3, 0.4) is 0 Å². The predicted molar refractivity (Wildman–Crippen MR) is 87.6 cm³/mol. The molecule has 0 heterocycles. The lowest BCUT2D eigenvalue weighted by Gasteiger charge is -2.19. The van der Waals surface area contributed by atoms with E-state index >= 15 is 0 Å². The second-order valence-electron chi connectivity index (χ2n) is 4.65. The number of halogens is 3. The summed E-state index contributed by atoms with van der Waals surface area (Å²) in [5, 5.41) is 3.56. The summed E-state index contributed by atoms with van der Waals surface area (Å²) >= 11 is 9.60. The molecule has 1 atom stereocenters. The van der Waals surface area contributed by atoms with Crippen molar-refractivity contribution in [2.24, 2.45) is 0 Å². The minimum absolute atomic E-state index is 0.195. The fourth-order valence-corrected chi connectivity index (χ4v) is 3.15. The quantitative estimate of drug-likeness (QED) is 0.817. The van der Waals surface area contributed by atoms with E-state index in [1.54, 1.807) is 26.3 Å². The third-order valence-corrected chi connectivity index (χ3v) is 4.30. The van der Waals surface area contributed by atoms with Gasteiger partial charge in [-0.15, -0.1) is 0 Å². The Morgan fingerprint density at radius 2 is 2.10 bits per heavy atom. The third-order valence-electron chi connectivity index (χ3n) is 3.35. The molecule has 21 heavy (non-hydrogen) atoms. The van der Waals surface area contributed by atoms with E-state index < -0.39 is 0 Å². The van der Waals surface area contributed by atoms with Crippen LogP contribution in [0.5, 0.6) is 5.75 Å². The van der Waals surface area contributed by atoms with Gasteiger partial charge in [-0.1, -0.05) is 23.7 Å². The summed E-state index contributed by atoms with van der Waals surface area (Å²) in [6, 6.07) is 10.4. The first kappa shape index (κ1) is 16.3. The summed E-state index contributed by atoms with van der Waals surface area (Å²) in [6.07, 6.45) is 0.625. The van der Waals surface area contributed by atoms with E-state index in [0.29, 0.717) is 17.0 Å². The SMILES string of the molecule is CNC(Cc1ccc(OC)c(Br)c1)c1c(F)cccc1Cl. The van der Waals surface area contributed by atoms with Crippen molar-refractivity contribution in [2.45, 2.75) is 12.5 Å². The second-order valence-corrected chi connectivity index (χ2v) is 5.91. The lowest BCUT2D eigenvalue weighted by Crippen LogP contribution is -2.20. The number of rotatable bonds is 5. The molecule has 0 fully saturated rings. The van der Waals surface area contributed by atoms with Gasteiger partial charge < -0.3 is 10.1 Å². The smallest absolute Gasteiger partial charge is 0.133 e. The molecule has 0 aliphatic rings. The maximum Gasteiger partial charge on any atom is 0.133 e. The average molecular weight is 373 g/mol. The zero-order valence-electron chi connectivity index (χ0n) is 11.8. The molecule has 0 aliphatic carbocycles. The number of ether oxygens (including phenoxy) is 1. The number of hydrogen-bond acceptors (Lipinski definition) is 2. The second kappa shape index (κ2) is 7.25. The molecule has 2 rings (SSSR count). The summed E-state index contributed by atoms with van der Waals surface area (Å²) in [5.41, 5.74) is 1.55. The maximum absolute atomic E-state index is 14.0. The highest BCUT2D eigenvalue weighted by molar-refractivity contribution is 9.10. The lowest BCUT2D eigenvalue weighted by molar-refractivity contribution is 0.412. The van der Waals surface area contributed by atoms with Crippen molar-refractivity contribution in [3.8, 4) is 5.75 Å². The zero-order chi connectivity index (χ0) is 15.4. The van der Waals surface area contributed by atoms with Crippen LogP contribution in [-0.2, 0) is 6.42 Å². The Kier molecular flexibility index (Phi) is 5.62. The van der Waals surface area contributed by atoms with Gasteiger partial charge in [0.25, 0.3) is 0 Å². The van der Waals surface area contributed by atoms with Gasteiger partial charge in [0, 0.05) is 16.6 Å². The Balaban J connectivity index is 2.29. The monoisotopic (exact) mass is 371 g/mol. The van der Waals surface area contributed by atoms with Crippen LogP contribution in [0.25, 0.3) is 0 Å². The van der Waals surface area contributed by atoms with Gasteiger partial charge >= 0.3 is 0 Å². The molecule has 0 saturated carbocycles. The van der Waals surface area contributed by atoms with E-state index in [-0.39, 0.29) is 11.9 Å². The topological polar surface area (TPSA) is 21.3 Å². The number of hydrogen-bond donors (Lipinski definition) is 1. The van der Waals surface area contributed by atoms with Gasteiger partial charge in [0.2, 0.25) is 0 Å². The van der Waals surface area contributed by atoms with Gasteiger partial charge in [0.1, 0.15) is 11.6 Å². The van der Waals surface area contributed by atoms with E-state index in [2.05, 4.69) is 21.2 Å². The van der Waals surface area contributed by atoms with Crippen LogP contribution in [0.2, 0.25) is 5.02 Å². The summed E-state index contributed by atoms with van der Waals surface area (Å²) < 4.78 is 20.1. The third kappa shape index (κ3) is 3.76. The van der Waals surface area contributed by atoms with Gasteiger partial charge in [-0.3, -0.25) is 0 Å². The predicted octanol–water partition coefficient (Wildman–Crippen LogP) is 4.75. The van der Waals surface area contributed by atoms with Crippen molar-refractivity contribution in [2.75, 3.05) is 14.2 Å². The fourth-order valence-electron chi connectivity index (χ4n) is 2.26. The zero-order valence-corrected chi connectivity index (χ0v) is 14.1. The molecule has 5 heteroatoms. The largest absolute Gasteiger partial charge is 0.496 e. The van der Waals surface area contributed by atoms with Gasteiger partial charge in [-0.2, -0.15) is 0 Å². The molecule has 2 aromatic carbocycles. The Morgan fingerprint density at radius 3 is 2.67 bits per heavy atom. The molecule has 0 amide bonds. The molecule has 1 N–H and O–H groups in total. The number of methoxy groups -OCH3 is 1. The molecule has 2 aromatic rings. The van der Waals surface area contributed by atoms with E-state index in [0.717, 1.165) is 15.8 Å². The number of benzene rings is 2. The molecule has 0 saturated heterocycles. The van der Waals surface area contributed by atoms with Gasteiger partial charge in [0.15, 0.2) is 0 Å². The first-order chi connectivity index (χ1) is 10.1. The van der Waals surface area contributed by atoms with Crippen LogP contribution in [0, 0.1) is 5.82 Å². The van der Waals surface area contributed by atoms with E-state index in [1.807, 2.05) is 18.2 Å². The van der Waals surface area contributed by atoms with E-state index in [4.69, 9.17) is 16.3 Å². The first-order valence-corrected chi connectivity index (χ1v) is 7.67. The van der Waals surface area contributed by atoms with Crippen LogP contribution in [0.15, 0.2) is 40.9 Å². The average Bonchev–Trinajstić information content (AvgIpc) is 2.46. The molecule has 2 nitrogen and oxygen atoms in total. The molecule has 0 radical (unpaired) electrons. The Morgan fingerprint density at radius 1 is 1.33 bits per heavy atom. The Hall–Kier alpha value is -1.10. The van der Waals surface area contributed by atoms with Crippen LogP contribution >= 0.6 is 27.5 Å². The number of likely N-dealkylation sites (N-methyl/N-ethyl adjacent to an activating group) is 1. The standard InChI is InChI=1S/C16H16BrClFNO/c1-20-14(16-12(18)4-3-5-13(16)19)9-10-6-7-15(21-2)11(17)8-10/h3-8,14,20H,9H2,1-2H3. The summed E-state index contributed by atoms with van der Waals surface area (Å²) in [4.78, 5) is 0. The molecular formula is C16H16BrClFNO. The summed E-state index contributed by atoms with van der Waals surface area (Å²) in [6.45, 7) is 0. The first-order valence-electron chi connectivity index (χ1n) is 6.50. The molecule has 0 aromatic heterocycles. The molecular weight excluding hydrogens is 357 g/mol. The van der Waals surface area contributed by atoms with Gasteiger partial charge in [-0.05, 0) is 59.2 Å². The van der Waals surface area contributed by atoms with Crippen LogP contribution in [0.1, 0.15) is 17.2 Å². The van der Waals surface area contributed by atoms with Crippen LogP contribution < -0.4 is 10.1 Å². The highest BCUT2D eigenvalue weighted by Crippen LogP contribution is 2.31. The van der Waals surface area contributed by atoms with Crippen molar-refractivity contribution in [3.63, 3.8) is 0 Å². The molecule has 0 aliphatic heterocycles. The minimum atomic E-state index is -0.297. The van der Waals surface area contributed by atoms with E-state index in [1.165, 1.54) is 6.07 Å². The molecule has 0 bridgehead atoms. The van der Waals surface area contributed by atoms with Crippen molar-refractivity contribution < 1.29 is 9.13 Å². The van der Waals surface area contributed by atoms with Crippen molar-refractivity contribution in [1.29, 1.82) is 0 Å². The molecule has 112 valence electrons. The summed E-state index contributed by atoms with van der Waals surface area (Å²) in [7, 11) is 3.42. The lowest BCUT2D eigenvalue weighted by atomic mass is 9.98. The van der Waals surface area contributed by atoms with Crippen LogP contribution in [-0.4, -0.2) is 14.2 Å². The van der Waals surface area contributed by atoms with Gasteiger partial charge in [-0.25, -0.2) is 4.39 Å². The fraction of sp³-hybridized carbons (Fsp3) is 0.250. The van der Waals surface area contributed by atoms with Crippen molar-refractivity contribution in [1.82, 2.24) is 5.32 Å². The van der Waals surface area contributed by atoms with Crippen molar-refractivity contribution >= 4 is 27.5 Å². The molecule has 0 spiro atoms. The Labute approximate surface area is 137 Å². The maximum atomic E-state index is 14.0. The highest BCUT2D eigenvalue weighted by Gasteiger charge is 2.18. The van der Waals surface area contributed by atoms with Gasteiger partial charge in [0.05, 0.1) is 11.6 Å².